The Hall–Kier alpha value is -3.22. The molecule has 3 aromatic heterocycles. The summed E-state index contributed by atoms with van der Waals surface area (Å²) in [5.41, 5.74) is 10.9. The maximum Gasteiger partial charge on any atom is 0.142 e. The summed E-state index contributed by atoms with van der Waals surface area (Å²) in [6.07, 6.45) is 3.43. The summed E-state index contributed by atoms with van der Waals surface area (Å²) < 4.78 is 1.73. The Morgan fingerprint density at radius 1 is 1.17 bits per heavy atom. The van der Waals surface area contributed by atoms with E-state index in [0.29, 0.717) is 11.5 Å². The van der Waals surface area contributed by atoms with E-state index in [-0.39, 0.29) is 0 Å². The number of fused-ring (bicyclic) bond motifs is 1. The zero-order valence-corrected chi connectivity index (χ0v) is 12.8. The molecule has 0 spiro atoms. The van der Waals surface area contributed by atoms with Gasteiger partial charge in [-0.05, 0) is 25.1 Å². The quantitative estimate of drug-likeness (QED) is 0.592. The molecule has 114 valence electrons. The Labute approximate surface area is 132 Å². The van der Waals surface area contributed by atoms with Gasteiger partial charge in [-0.15, -0.1) is 0 Å². The Morgan fingerprint density at radius 2 is 2.04 bits per heavy atom. The molecular formula is C16H15N7. The molecule has 7 heteroatoms. The normalized spacial score (nSPS) is 11.2. The number of nitrogens with zero attached hydrogens (tertiary/aromatic N) is 5. The highest BCUT2D eigenvalue weighted by Gasteiger charge is 2.15. The maximum atomic E-state index is 5.82. The Kier molecular flexibility index (Phi) is 2.87. The molecule has 0 saturated carbocycles. The summed E-state index contributed by atoms with van der Waals surface area (Å²) in [4.78, 5) is 8.93. The zero-order chi connectivity index (χ0) is 16.0. The third-order valence-corrected chi connectivity index (χ3v) is 3.77. The summed E-state index contributed by atoms with van der Waals surface area (Å²) in [5.74, 6) is 0.370. The van der Waals surface area contributed by atoms with E-state index in [0.717, 1.165) is 33.5 Å². The molecule has 0 aliphatic carbocycles. The zero-order valence-electron chi connectivity index (χ0n) is 12.8. The fourth-order valence-corrected chi connectivity index (χ4v) is 2.63. The average molecular weight is 305 g/mol. The number of aryl methyl sites for hydroxylation is 2. The first-order chi connectivity index (χ1) is 11.1. The number of hydrogen-bond acceptors (Lipinski definition) is 5. The number of nitrogens with two attached hydrogens (primary N) is 1. The molecule has 0 aliphatic heterocycles. The minimum absolute atomic E-state index is 0.370. The molecule has 0 amide bonds. The smallest absolute Gasteiger partial charge is 0.142 e. The van der Waals surface area contributed by atoms with Gasteiger partial charge in [-0.2, -0.15) is 10.2 Å². The molecule has 3 heterocycles. The van der Waals surface area contributed by atoms with Crippen LogP contribution in [-0.4, -0.2) is 29.9 Å². The van der Waals surface area contributed by atoms with E-state index < -0.39 is 0 Å². The molecule has 0 bridgehead atoms. The summed E-state index contributed by atoms with van der Waals surface area (Å²) in [6.45, 7) is 1.97. The van der Waals surface area contributed by atoms with Gasteiger partial charge >= 0.3 is 0 Å². The first-order valence-corrected chi connectivity index (χ1v) is 7.19. The van der Waals surface area contributed by atoms with Gasteiger partial charge in [0.1, 0.15) is 17.2 Å². The molecule has 0 unspecified atom stereocenters. The third kappa shape index (κ3) is 2.22. The Morgan fingerprint density at radius 3 is 2.83 bits per heavy atom. The van der Waals surface area contributed by atoms with Gasteiger partial charge in [0.25, 0.3) is 0 Å². The second-order valence-electron chi connectivity index (χ2n) is 5.44. The summed E-state index contributed by atoms with van der Waals surface area (Å²) >= 11 is 0. The van der Waals surface area contributed by atoms with E-state index in [4.69, 9.17) is 5.73 Å². The average Bonchev–Trinajstić information content (AvgIpc) is 3.14. The van der Waals surface area contributed by atoms with Crippen LogP contribution in [0.5, 0.6) is 0 Å². The van der Waals surface area contributed by atoms with Crippen LogP contribution in [-0.2, 0) is 7.05 Å². The number of H-pyrrole nitrogens is 1. The van der Waals surface area contributed by atoms with Crippen molar-refractivity contribution in [1.82, 2.24) is 29.9 Å². The number of benzene rings is 1. The van der Waals surface area contributed by atoms with Gasteiger partial charge in [0, 0.05) is 24.2 Å². The first-order valence-electron chi connectivity index (χ1n) is 7.19. The number of hydrogen-bond donors (Lipinski definition) is 2. The molecule has 1 aromatic carbocycles. The van der Waals surface area contributed by atoms with Crippen molar-refractivity contribution in [3.63, 3.8) is 0 Å². The van der Waals surface area contributed by atoms with Crippen LogP contribution in [0.25, 0.3) is 33.5 Å². The van der Waals surface area contributed by atoms with Gasteiger partial charge in [-0.25, -0.2) is 4.98 Å². The number of aromatic amines is 1. The minimum Gasteiger partial charge on any atom is -0.382 e. The van der Waals surface area contributed by atoms with E-state index >= 15 is 0 Å². The lowest BCUT2D eigenvalue weighted by Gasteiger charge is -2.07. The van der Waals surface area contributed by atoms with Gasteiger partial charge < -0.3 is 5.73 Å². The van der Waals surface area contributed by atoms with E-state index in [1.54, 1.807) is 10.9 Å². The van der Waals surface area contributed by atoms with Crippen LogP contribution in [0.4, 0.5) is 5.82 Å². The number of aromatic nitrogens is 6. The summed E-state index contributed by atoms with van der Waals surface area (Å²) in [7, 11) is 1.86. The van der Waals surface area contributed by atoms with E-state index in [1.807, 2.05) is 38.4 Å². The van der Waals surface area contributed by atoms with Gasteiger partial charge in [0.05, 0.1) is 23.1 Å². The van der Waals surface area contributed by atoms with Gasteiger partial charge in [-0.3, -0.25) is 14.8 Å². The van der Waals surface area contributed by atoms with Crippen LogP contribution in [0.1, 0.15) is 5.69 Å². The summed E-state index contributed by atoms with van der Waals surface area (Å²) in [5, 5.41) is 12.7. The predicted molar refractivity (Wildman–Crippen MR) is 88.5 cm³/mol. The molecule has 3 N–H and O–H groups in total. The minimum atomic E-state index is 0.370. The van der Waals surface area contributed by atoms with E-state index in [1.165, 1.54) is 0 Å². The van der Waals surface area contributed by atoms with Crippen LogP contribution >= 0.6 is 0 Å². The molecule has 7 nitrogen and oxygen atoms in total. The van der Waals surface area contributed by atoms with Crippen molar-refractivity contribution in [2.75, 3.05) is 5.73 Å². The number of anilines is 1. The highest BCUT2D eigenvalue weighted by atomic mass is 15.3. The third-order valence-electron chi connectivity index (χ3n) is 3.77. The highest BCUT2D eigenvalue weighted by Crippen LogP contribution is 2.30. The topological polar surface area (TPSA) is 98.3 Å². The molecular weight excluding hydrogens is 290 g/mol. The second-order valence-corrected chi connectivity index (χ2v) is 5.44. The fourth-order valence-electron chi connectivity index (χ4n) is 2.63. The fraction of sp³-hybridized carbons (Fsp3) is 0.125. The molecule has 23 heavy (non-hydrogen) atoms. The SMILES string of the molecule is Cc1n[nH]c2ccc(-c3ncc(N)nc3-c3ccn(C)n3)cc12. The van der Waals surface area contributed by atoms with Crippen molar-refractivity contribution in [3.8, 4) is 22.6 Å². The van der Waals surface area contributed by atoms with Crippen molar-refractivity contribution in [2.45, 2.75) is 6.92 Å². The molecule has 0 saturated heterocycles. The summed E-state index contributed by atoms with van der Waals surface area (Å²) in [6, 6.07) is 7.94. The van der Waals surface area contributed by atoms with E-state index in [9.17, 15) is 0 Å². The van der Waals surface area contributed by atoms with Gasteiger partial charge in [-0.1, -0.05) is 6.07 Å². The van der Waals surface area contributed by atoms with Gasteiger partial charge in [0.2, 0.25) is 0 Å². The first kappa shape index (κ1) is 13.4. The highest BCUT2D eigenvalue weighted by molar-refractivity contribution is 5.88. The van der Waals surface area contributed by atoms with Gasteiger partial charge in [0.15, 0.2) is 0 Å². The molecule has 4 aromatic rings. The number of rotatable bonds is 2. The monoisotopic (exact) mass is 305 g/mol. The molecule has 0 atom stereocenters. The lowest BCUT2D eigenvalue weighted by atomic mass is 10.0. The molecule has 0 aliphatic rings. The van der Waals surface area contributed by atoms with Crippen molar-refractivity contribution in [2.24, 2.45) is 7.05 Å². The Bertz CT molecular complexity index is 1010. The van der Waals surface area contributed by atoms with Crippen molar-refractivity contribution >= 4 is 16.7 Å². The predicted octanol–water partition coefficient (Wildman–Crippen LogP) is 2.31. The molecule has 0 radical (unpaired) electrons. The van der Waals surface area contributed by atoms with Crippen LogP contribution in [0.2, 0.25) is 0 Å². The van der Waals surface area contributed by atoms with Crippen LogP contribution < -0.4 is 5.73 Å². The number of nitrogens with one attached hydrogen (secondary N) is 1. The second kappa shape index (κ2) is 4.91. The lowest BCUT2D eigenvalue weighted by molar-refractivity contribution is 0.770. The number of nitrogen functional groups attached to an aromatic ring is 1. The van der Waals surface area contributed by atoms with Crippen molar-refractivity contribution in [1.29, 1.82) is 0 Å². The molecule has 0 fully saturated rings. The van der Waals surface area contributed by atoms with Crippen LogP contribution in [0.15, 0.2) is 36.7 Å². The van der Waals surface area contributed by atoms with Crippen molar-refractivity contribution < 1.29 is 0 Å². The molecule has 4 rings (SSSR count). The van der Waals surface area contributed by atoms with Crippen LogP contribution in [0.3, 0.4) is 0 Å². The standard InChI is InChI=1S/C16H15N7/c1-9-11-7-10(3-4-12(11)21-20-9)15-16(19-14(17)8-18-15)13-5-6-23(2)22-13/h3-8H,1-2H3,(H2,17,19)(H,20,21). The van der Waals surface area contributed by atoms with Crippen molar-refractivity contribution in [3.05, 3.63) is 42.4 Å². The maximum absolute atomic E-state index is 5.82. The van der Waals surface area contributed by atoms with Crippen LogP contribution in [0, 0.1) is 6.92 Å². The Balaban J connectivity index is 1.95. The van der Waals surface area contributed by atoms with E-state index in [2.05, 4.69) is 31.3 Å². The largest absolute Gasteiger partial charge is 0.382 e. The lowest BCUT2D eigenvalue weighted by Crippen LogP contribution is -1.99.